The summed E-state index contributed by atoms with van der Waals surface area (Å²) in [5.41, 5.74) is 0. The highest BCUT2D eigenvalue weighted by Crippen LogP contribution is 2.23. The predicted molar refractivity (Wildman–Crippen MR) is 41.9 cm³/mol. The Morgan fingerprint density at radius 1 is 1.58 bits per heavy atom. The lowest BCUT2D eigenvalue weighted by molar-refractivity contribution is -0.179. The van der Waals surface area contributed by atoms with Gasteiger partial charge in [-0.2, -0.15) is 0 Å². The SMILES string of the molecule is CC1NC(=O)C(C(C)C)C(F)O1. The summed E-state index contributed by atoms with van der Waals surface area (Å²) in [6.45, 7) is 5.22. The average Bonchev–Trinajstić information content (AvgIpc) is 1.82. The molecule has 3 nitrogen and oxygen atoms in total. The zero-order valence-corrected chi connectivity index (χ0v) is 7.50. The van der Waals surface area contributed by atoms with Gasteiger partial charge in [0.2, 0.25) is 12.3 Å². The summed E-state index contributed by atoms with van der Waals surface area (Å²) >= 11 is 0. The summed E-state index contributed by atoms with van der Waals surface area (Å²) in [6.07, 6.45) is -1.98. The number of nitrogens with one attached hydrogen (secondary N) is 1. The van der Waals surface area contributed by atoms with Gasteiger partial charge in [0.15, 0.2) is 0 Å². The molecule has 1 saturated heterocycles. The second-order valence-electron chi connectivity index (χ2n) is 3.41. The fourth-order valence-corrected chi connectivity index (χ4v) is 1.33. The molecule has 1 aliphatic heterocycles. The highest BCUT2D eigenvalue weighted by atomic mass is 19.1. The third-order valence-electron chi connectivity index (χ3n) is 1.98. The van der Waals surface area contributed by atoms with Crippen LogP contribution in [0.1, 0.15) is 20.8 Å². The lowest BCUT2D eigenvalue weighted by atomic mass is 9.94. The largest absolute Gasteiger partial charge is 0.330 e. The van der Waals surface area contributed by atoms with E-state index in [0.29, 0.717) is 0 Å². The first-order valence-corrected chi connectivity index (χ1v) is 4.12. The van der Waals surface area contributed by atoms with Crippen LogP contribution in [0.3, 0.4) is 0 Å². The minimum Gasteiger partial charge on any atom is -0.330 e. The predicted octanol–water partition coefficient (Wildman–Crippen LogP) is 1.05. The first-order chi connectivity index (χ1) is 5.52. The van der Waals surface area contributed by atoms with Crippen LogP contribution in [0.15, 0.2) is 0 Å². The van der Waals surface area contributed by atoms with E-state index >= 15 is 0 Å². The molecule has 3 atom stereocenters. The Morgan fingerprint density at radius 3 is 2.58 bits per heavy atom. The molecule has 0 radical (unpaired) electrons. The van der Waals surface area contributed by atoms with Gasteiger partial charge in [-0.25, -0.2) is 4.39 Å². The second kappa shape index (κ2) is 3.39. The minimum atomic E-state index is -1.46. The quantitative estimate of drug-likeness (QED) is 0.646. The van der Waals surface area contributed by atoms with Gasteiger partial charge >= 0.3 is 0 Å². The van der Waals surface area contributed by atoms with E-state index in [0.717, 1.165) is 0 Å². The molecule has 3 unspecified atom stereocenters. The second-order valence-corrected chi connectivity index (χ2v) is 3.41. The molecule has 0 aromatic heterocycles. The standard InChI is InChI=1S/C8H14FNO2/c1-4(2)6-7(9)12-5(3)10-8(6)11/h4-7H,1-3H3,(H,10,11). The van der Waals surface area contributed by atoms with Crippen LogP contribution in [0.5, 0.6) is 0 Å². The van der Waals surface area contributed by atoms with Crippen LogP contribution in [0.4, 0.5) is 4.39 Å². The number of halogens is 1. The molecular weight excluding hydrogens is 161 g/mol. The summed E-state index contributed by atoms with van der Waals surface area (Å²) in [5.74, 6) is -0.954. The van der Waals surface area contributed by atoms with Crippen LogP contribution < -0.4 is 5.32 Å². The van der Waals surface area contributed by atoms with Crippen LogP contribution in [-0.2, 0) is 9.53 Å². The number of amides is 1. The van der Waals surface area contributed by atoms with Gasteiger partial charge in [0.25, 0.3) is 0 Å². The molecule has 0 aromatic rings. The Labute approximate surface area is 71.3 Å². The van der Waals surface area contributed by atoms with Gasteiger partial charge in [0.05, 0.1) is 5.92 Å². The molecule has 0 spiro atoms. The maximum atomic E-state index is 13.1. The molecule has 0 saturated carbocycles. The molecule has 0 aliphatic carbocycles. The molecule has 1 rings (SSSR count). The van der Waals surface area contributed by atoms with E-state index in [-0.39, 0.29) is 11.8 Å². The van der Waals surface area contributed by atoms with Crippen molar-refractivity contribution in [2.24, 2.45) is 11.8 Å². The molecule has 1 heterocycles. The van der Waals surface area contributed by atoms with Crippen LogP contribution in [-0.4, -0.2) is 18.5 Å². The highest BCUT2D eigenvalue weighted by Gasteiger charge is 2.37. The monoisotopic (exact) mass is 175 g/mol. The average molecular weight is 175 g/mol. The molecule has 1 aliphatic rings. The number of hydrogen-bond acceptors (Lipinski definition) is 2. The lowest BCUT2D eigenvalue weighted by Gasteiger charge is -2.32. The minimum absolute atomic E-state index is 0.0347. The zero-order chi connectivity index (χ0) is 9.30. The van der Waals surface area contributed by atoms with Crippen molar-refractivity contribution in [1.29, 1.82) is 0 Å². The molecule has 0 bridgehead atoms. The van der Waals surface area contributed by atoms with E-state index in [2.05, 4.69) is 5.32 Å². The topological polar surface area (TPSA) is 38.3 Å². The van der Waals surface area contributed by atoms with E-state index in [9.17, 15) is 9.18 Å². The van der Waals surface area contributed by atoms with Crippen molar-refractivity contribution < 1.29 is 13.9 Å². The van der Waals surface area contributed by atoms with E-state index < -0.39 is 18.5 Å². The van der Waals surface area contributed by atoms with E-state index in [1.165, 1.54) is 0 Å². The summed E-state index contributed by atoms with van der Waals surface area (Å²) in [5, 5.41) is 2.54. The Morgan fingerprint density at radius 2 is 2.17 bits per heavy atom. The summed E-state index contributed by atoms with van der Waals surface area (Å²) in [7, 11) is 0. The van der Waals surface area contributed by atoms with Gasteiger partial charge < -0.3 is 10.1 Å². The molecule has 70 valence electrons. The number of alkyl halides is 1. The normalized spacial score (nSPS) is 36.8. The Balaban J connectivity index is 2.67. The van der Waals surface area contributed by atoms with Crippen LogP contribution in [0.2, 0.25) is 0 Å². The van der Waals surface area contributed by atoms with Gasteiger partial charge in [0, 0.05) is 0 Å². The fraction of sp³-hybridized carbons (Fsp3) is 0.875. The van der Waals surface area contributed by atoms with Crippen LogP contribution >= 0.6 is 0 Å². The first-order valence-electron chi connectivity index (χ1n) is 4.12. The smallest absolute Gasteiger partial charge is 0.230 e. The highest BCUT2D eigenvalue weighted by molar-refractivity contribution is 5.80. The number of rotatable bonds is 1. The van der Waals surface area contributed by atoms with Crippen molar-refractivity contribution >= 4 is 5.91 Å². The first kappa shape index (κ1) is 9.45. The summed E-state index contributed by atoms with van der Waals surface area (Å²) in [6, 6.07) is 0. The van der Waals surface area contributed by atoms with Crippen molar-refractivity contribution in [1.82, 2.24) is 5.32 Å². The molecule has 12 heavy (non-hydrogen) atoms. The lowest BCUT2D eigenvalue weighted by Crippen LogP contribution is -2.51. The van der Waals surface area contributed by atoms with Crippen molar-refractivity contribution in [2.45, 2.75) is 33.4 Å². The third-order valence-corrected chi connectivity index (χ3v) is 1.98. The zero-order valence-electron chi connectivity index (χ0n) is 7.50. The maximum Gasteiger partial charge on any atom is 0.230 e. The number of hydrogen-bond donors (Lipinski definition) is 1. The molecule has 1 N–H and O–H groups in total. The summed E-state index contributed by atoms with van der Waals surface area (Å²) in [4.78, 5) is 11.2. The summed E-state index contributed by atoms with van der Waals surface area (Å²) < 4.78 is 17.9. The van der Waals surface area contributed by atoms with Gasteiger partial charge in [-0.3, -0.25) is 4.79 Å². The van der Waals surface area contributed by atoms with E-state index in [1.54, 1.807) is 20.8 Å². The maximum absolute atomic E-state index is 13.1. The fourth-order valence-electron chi connectivity index (χ4n) is 1.33. The Kier molecular flexibility index (Phi) is 2.67. The number of ether oxygens (including phenoxy) is 1. The van der Waals surface area contributed by atoms with Crippen molar-refractivity contribution in [3.8, 4) is 0 Å². The van der Waals surface area contributed by atoms with Crippen molar-refractivity contribution in [3.05, 3.63) is 0 Å². The number of carbonyl (C=O) groups excluding carboxylic acids is 1. The van der Waals surface area contributed by atoms with E-state index in [4.69, 9.17) is 4.74 Å². The molecule has 1 amide bonds. The number of carbonyl (C=O) groups is 1. The molecule has 0 aromatic carbocycles. The van der Waals surface area contributed by atoms with Gasteiger partial charge in [-0.15, -0.1) is 0 Å². The third kappa shape index (κ3) is 1.75. The Bertz CT molecular complexity index is 184. The van der Waals surface area contributed by atoms with Crippen molar-refractivity contribution in [2.75, 3.05) is 0 Å². The van der Waals surface area contributed by atoms with Crippen LogP contribution in [0.25, 0.3) is 0 Å². The molecule has 4 heteroatoms. The van der Waals surface area contributed by atoms with E-state index in [1.807, 2.05) is 0 Å². The Hall–Kier alpha value is -0.640. The van der Waals surface area contributed by atoms with Gasteiger partial charge in [0.1, 0.15) is 6.23 Å². The molecule has 1 fully saturated rings. The van der Waals surface area contributed by atoms with Gasteiger partial charge in [-0.1, -0.05) is 13.8 Å². The van der Waals surface area contributed by atoms with Gasteiger partial charge in [-0.05, 0) is 12.8 Å². The van der Waals surface area contributed by atoms with Crippen molar-refractivity contribution in [3.63, 3.8) is 0 Å². The van der Waals surface area contributed by atoms with Crippen LogP contribution in [0, 0.1) is 11.8 Å². The molecular formula is C8H14FNO2.